The van der Waals surface area contributed by atoms with Crippen LogP contribution in [0.15, 0.2) is 96.7 Å². The highest BCUT2D eigenvalue weighted by Gasteiger charge is 2.36. The zero-order chi connectivity index (χ0) is 42.7. The second-order valence-electron chi connectivity index (χ2n) is 18.4. The van der Waals surface area contributed by atoms with E-state index in [0.29, 0.717) is 16.0 Å². The van der Waals surface area contributed by atoms with Gasteiger partial charge in [0.05, 0.1) is 5.69 Å². The van der Waals surface area contributed by atoms with E-state index in [1.54, 1.807) is 5.56 Å². The number of anilines is 1. The molecular formula is C52H82N4P2. The van der Waals surface area contributed by atoms with Crippen LogP contribution in [0.5, 0.6) is 0 Å². The molecule has 0 fully saturated rings. The third kappa shape index (κ3) is 14.3. The van der Waals surface area contributed by atoms with Crippen molar-refractivity contribution in [2.24, 2.45) is 0 Å². The fourth-order valence-corrected chi connectivity index (χ4v) is 15.2. The monoisotopic (exact) mass is 825 g/mol. The van der Waals surface area contributed by atoms with Crippen LogP contribution in [-0.2, 0) is 12.7 Å². The zero-order valence-electron chi connectivity index (χ0n) is 39.0. The number of fused-ring (bicyclic) bond motifs is 1. The molecule has 4 nitrogen and oxygen atoms in total. The van der Waals surface area contributed by atoms with Gasteiger partial charge in [-0.2, -0.15) is 0 Å². The largest absolute Gasteiger partial charge is 0.380 e. The minimum atomic E-state index is -0.135. The molecule has 1 heterocycles. The molecule has 58 heavy (non-hydrogen) atoms. The van der Waals surface area contributed by atoms with Crippen LogP contribution in [0.4, 0.5) is 5.69 Å². The molecule has 0 amide bonds. The lowest BCUT2D eigenvalue weighted by Crippen LogP contribution is -2.26. The van der Waals surface area contributed by atoms with Crippen molar-refractivity contribution in [2.45, 2.75) is 137 Å². The average Bonchev–Trinajstić information content (AvgIpc) is 3.52. The number of nitrogens with zero attached hydrogens (tertiary/aromatic N) is 4. The van der Waals surface area contributed by atoms with E-state index in [1.807, 2.05) is 0 Å². The Labute approximate surface area is 360 Å². The number of benzene rings is 3. The third-order valence-corrected chi connectivity index (χ3v) is 18.2. The predicted octanol–water partition coefficient (Wildman–Crippen LogP) is 14.8. The summed E-state index contributed by atoms with van der Waals surface area (Å²) < 4.78 is 0. The summed E-state index contributed by atoms with van der Waals surface area (Å²) in [6.45, 7) is 33.5. The topological polar surface area (TPSA) is 22.6 Å². The van der Waals surface area contributed by atoms with Crippen molar-refractivity contribution in [1.82, 2.24) is 14.8 Å². The van der Waals surface area contributed by atoms with Gasteiger partial charge in [0.1, 0.15) is 0 Å². The van der Waals surface area contributed by atoms with Gasteiger partial charge in [0, 0.05) is 69.2 Å². The van der Waals surface area contributed by atoms with E-state index in [-0.39, 0.29) is 23.3 Å². The van der Waals surface area contributed by atoms with E-state index in [0.717, 1.165) is 37.1 Å². The number of para-hydroxylation sites is 1. The Morgan fingerprint density at radius 1 is 0.638 bits per heavy atom. The van der Waals surface area contributed by atoms with Crippen molar-refractivity contribution in [1.29, 1.82) is 0 Å². The second kappa shape index (κ2) is 23.1. The third-order valence-electron chi connectivity index (χ3n) is 10.8. The molecule has 3 aromatic carbocycles. The van der Waals surface area contributed by atoms with E-state index in [2.05, 4.69) is 230 Å². The molecule has 1 aliphatic carbocycles. The highest BCUT2D eigenvalue weighted by Crippen LogP contribution is 2.64. The molecule has 5 rings (SSSR count). The van der Waals surface area contributed by atoms with Gasteiger partial charge >= 0.3 is 0 Å². The minimum absolute atomic E-state index is 0. The molecule has 1 atom stereocenters. The van der Waals surface area contributed by atoms with Crippen LogP contribution < -0.4 is 4.90 Å². The SMILES string of the molecule is C.CC(C)P(C(C)C)C1C(N(C)C)=Cc2ccccc21.CCN(CC)Cc1cccc(CP(C(C)(C)C)C(C)(C)C)n1.Cc1ccccc1-c1ccccc1N(C)C. The van der Waals surface area contributed by atoms with Gasteiger partial charge in [-0.05, 0) is 88.2 Å². The minimum Gasteiger partial charge on any atom is -0.380 e. The summed E-state index contributed by atoms with van der Waals surface area (Å²) in [5.74, 6) is 0. The second-order valence-corrected chi connectivity index (χ2v) is 25.7. The molecule has 0 spiro atoms. The molecule has 4 aromatic rings. The Kier molecular flexibility index (Phi) is 20.4. The van der Waals surface area contributed by atoms with Gasteiger partial charge in [0.2, 0.25) is 0 Å². The lowest BCUT2D eigenvalue weighted by Gasteiger charge is -2.41. The van der Waals surface area contributed by atoms with E-state index in [4.69, 9.17) is 4.98 Å². The van der Waals surface area contributed by atoms with Crippen LogP contribution in [0.25, 0.3) is 17.2 Å². The molecule has 0 saturated heterocycles. The first kappa shape index (κ1) is 51.1. The molecule has 1 aromatic heterocycles. The molecule has 6 heteroatoms. The van der Waals surface area contributed by atoms with Crippen molar-refractivity contribution in [2.75, 3.05) is 46.2 Å². The highest BCUT2D eigenvalue weighted by molar-refractivity contribution is 7.60. The molecule has 0 N–H and O–H groups in total. The lowest BCUT2D eigenvalue weighted by atomic mass is 9.99. The van der Waals surface area contributed by atoms with Gasteiger partial charge in [0.15, 0.2) is 0 Å². The first-order valence-electron chi connectivity index (χ1n) is 21.2. The molecule has 0 saturated carbocycles. The first-order valence-corrected chi connectivity index (χ1v) is 24.3. The highest BCUT2D eigenvalue weighted by atomic mass is 31.1. The summed E-state index contributed by atoms with van der Waals surface area (Å²) in [6, 6.07) is 32.5. The Morgan fingerprint density at radius 2 is 1.16 bits per heavy atom. The zero-order valence-corrected chi connectivity index (χ0v) is 40.8. The molecule has 0 radical (unpaired) electrons. The Balaban J connectivity index is 0.000000301. The van der Waals surface area contributed by atoms with Crippen LogP contribution >= 0.6 is 15.8 Å². The number of aromatic nitrogens is 1. The summed E-state index contributed by atoms with van der Waals surface area (Å²) in [6.07, 6.45) is 3.51. The molecule has 320 valence electrons. The number of pyridine rings is 1. The maximum absolute atomic E-state index is 4.95. The molecular weight excluding hydrogens is 743 g/mol. The van der Waals surface area contributed by atoms with Crippen LogP contribution in [0.1, 0.15) is 124 Å². The number of rotatable bonds is 12. The van der Waals surface area contributed by atoms with Crippen molar-refractivity contribution in [3.8, 4) is 11.1 Å². The Bertz CT molecular complexity index is 1820. The van der Waals surface area contributed by atoms with Crippen molar-refractivity contribution in [3.05, 3.63) is 125 Å². The van der Waals surface area contributed by atoms with Crippen molar-refractivity contribution >= 4 is 27.6 Å². The van der Waals surface area contributed by atoms with Crippen molar-refractivity contribution < 1.29 is 0 Å². The van der Waals surface area contributed by atoms with Gasteiger partial charge in [-0.25, -0.2) is 0 Å². The maximum atomic E-state index is 4.95. The van der Waals surface area contributed by atoms with Gasteiger partial charge in [-0.3, -0.25) is 9.88 Å². The quantitative estimate of drug-likeness (QED) is 0.133. The van der Waals surface area contributed by atoms with Crippen LogP contribution in [0.3, 0.4) is 0 Å². The van der Waals surface area contributed by atoms with Gasteiger partial charge < -0.3 is 9.80 Å². The number of likely N-dealkylation sites (N-methyl/N-ethyl adjacent to an activating group) is 1. The predicted molar refractivity (Wildman–Crippen MR) is 267 cm³/mol. The molecule has 1 aliphatic rings. The van der Waals surface area contributed by atoms with Gasteiger partial charge in [-0.1, -0.05) is 179 Å². The summed E-state index contributed by atoms with van der Waals surface area (Å²) in [7, 11) is 8.34. The van der Waals surface area contributed by atoms with Crippen LogP contribution in [0, 0.1) is 6.92 Å². The number of hydrogen-bond donors (Lipinski definition) is 0. The molecule has 1 unspecified atom stereocenters. The van der Waals surface area contributed by atoms with E-state index in [1.165, 1.54) is 45.0 Å². The lowest BCUT2D eigenvalue weighted by molar-refractivity contribution is 0.292. The summed E-state index contributed by atoms with van der Waals surface area (Å²) in [5.41, 5.74) is 14.2. The summed E-state index contributed by atoms with van der Waals surface area (Å²) in [5, 5.41) is 0.703. The fraction of sp³-hybridized carbons (Fsp3) is 0.519. The van der Waals surface area contributed by atoms with Crippen LogP contribution in [-0.4, -0.2) is 77.7 Å². The van der Waals surface area contributed by atoms with Crippen molar-refractivity contribution in [3.63, 3.8) is 0 Å². The summed E-state index contributed by atoms with van der Waals surface area (Å²) in [4.78, 5) is 11.8. The van der Waals surface area contributed by atoms with Crippen LogP contribution in [0.2, 0.25) is 0 Å². The van der Waals surface area contributed by atoms with Gasteiger partial charge in [0.25, 0.3) is 0 Å². The number of allylic oxidation sites excluding steroid dienone is 1. The number of hydrogen-bond acceptors (Lipinski definition) is 4. The van der Waals surface area contributed by atoms with Gasteiger partial charge in [-0.15, -0.1) is 0 Å². The fourth-order valence-electron chi connectivity index (χ4n) is 8.16. The van der Waals surface area contributed by atoms with E-state index in [9.17, 15) is 0 Å². The Morgan fingerprint density at radius 3 is 1.67 bits per heavy atom. The standard InChI is InChI=1S/C19H35N2P.C17H26NP.C15H17N.CH4/c1-9-21(10-2)14-16-12-11-13-17(20-16)15-22(18(3,4)5)19(6,7)8;1-12(2)19(13(3)4)17-15-10-8-7-9-14(15)11-16(17)18(5)6;1-12-8-4-5-9-13(12)14-10-6-7-11-15(14)16(2)3;/h11-13H,9-10,14-15H2,1-8H3;7-13,17H,1-6H3;4-11H,1-3H3;1H4. The first-order chi connectivity index (χ1) is 26.7. The normalized spacial score (nSPS) is 13.8. The van der Waals surface area contributed by atoms with E-state index >= 15 is 0 Å². The smallest absolute Gasteiger partial charge is 0.0547 e. The molecule has 0 aliphatic heterocycles. The molecule has 0 bridgehead atoms. The average molecular weight is 825 g/mol. The number of aryl methyl sites for hydroxylation is 1. The summed E-state index contributed by atoms with van der Waals surface area (Å²) >= 11 is 0. The van der Waals surface area contributed by atoms with E-state index < -0.39 is 0 Å². The Hall–Kier alpha value is -3.03. The maximum Gasteiger partial charge on any atom is 0.0547 e.